The van der Waals surface area contributed by atoms with Gasteiger partial charge in [-0.15, -0.1) is 11.3 Å². The molecule has 1 aromatic carbocycles. The van der Waals surface area contributed by atoms with E-state index in [-0.39, 0.29) is 5.91 Å². The Labute approximate surface area is 153 Å². The van der Waals surface area contributed by atoms with Gasteiger partial charge in [0.05, 0.1) is 18.0 Å². The van der Waals surface area contributed by atoms with Crippen molar-refractivity contribution < 1.29 is 14.3 Å². The maximum Gasteiger partial charge on any atom is 0.246 e. The summed E-state index contributed by atoms with van der Waals surface area (Å²) < 4.78 is 11.8. The van der Waals surface area contributed by atoms with E-state index >= 15 is 0 Å². The van der Waals surface area contributed by atoms with Gasteiger partial charge in [-0.05, 0) is 63.8 Å². The number of methoxy groups -OCH3 is 2. The largest absolute Gasteiger partial charge is 0.493 e. The van der Waals surface area contributed by atoms with Crippen molar-refractivity contribution in [1.82, 2.24) is 4.90 Å². The molecular weight excluding hydrogens is 390 g/mol. The number of ether oxygens (including phenoxy) is 2. The first-order valence-corrected chi connectivity index (χ1v) is 9.17. The van der Waals surface area contributed by atoms with E-state index in [4.69, 9.17) is 9.47 Å². The van der Waals surface area contributed by atoms with Crippen molar-refractivity contribution in [1.29, 1.82) is 0 Å². The van der Waals surface area contributed by atoms with Gasteiger partial charge in [-0.3, -0.25) is 4.79 Å². The molecule has 0 aliphatic carbocycles. The number of benzene rings is 1. The third kappa shape index (κ3) is 3.65. The Morgan fingerprint density at radius 3 is 2.54 bits per heavy atom. The maximum atomic E-state index is 12.4. The lowest BCUT2D eigenvalue weighted by Crippen LogP contribution is -2.34. The summed E-state index contributed by atoms with van der Waals surface area (Å²) in [6, 6.07) is 7.94. The molecule has 4 nitrogen and oxygen atoms in total. The first-order chi connectivity index (χ1) is 11.6. The van der Waals surface area contributed by atoms with Crippen molar-refractivity contribution in [3.8, 4) is 11.5 Å². The van der Waals surface area contributed by atoms with Crippen LogP contribution in [0.1, 0.15) is 16.0 Å². The molecule has 6 heteroatoms. The highest BCUT2D eigenvalue weighted by atomic mass is 79.9. The second-order valence-corrected chi connectivity index (χ2v) is 7.96. The monoisotopic (exact) mass is 407 g/mol. The summed E-state index contributed by atoms with van der Waals surface area (Å²) in [7, 11) is 3.26. The number of fused-ring (bicyclic) bond motifs is 1. The van der Waals surface area contributed by atoms with E-state index in [1.54, 1.807) is 31.6 Å². The van der Waals surface area contributed by atoms with E-state index < -0.39 is 0 Å². The Balaban J connectivity index is 1.74. The molecule has 1 aliphatic heterocycles. The number of hydrogen-bond donors (Lipinski definition) is 0. The Bertz CT molecular complexity index is 785. The fourth-order valence-corrected chi connectivity index (χ4v) is 4.07. The standard InChI is InChI=1S/C18H18BrNO3S/c1-22-15-9-12-7-8-20(11-13(12)10-16(15)23-2)18(21)6-4-14-3-5-17(19)24-14/h3-6,9-10H,7-8,11H2,1-2H3/b6-4+. The van der Waals surface area contributed by atoms with E-state index in [1.807, 2.05) is 35.2 Å². The average molecular weight is 408 g/mol. The zero-order chi connectivity index (χ0) is 17.1. The summed E-state index contributed by atoms with van der Waals surface area (Å²) in [6.07, 6.45) is 4.33. The van der Waals surface area contributed by atoms with Crippen LogP contribution >= 0.6 is 27.3 Å². The van der Waals surface area contributed by atoms with E-state index in [1.165, 1.54) is 5.56 Å². The number of halogens is 1. The molecule has 2 heterocycles. The third-order valence-electron chi connectivity index (χ3n) is 4.01. The van der Waals surface area contributed by atoms with Crippen LogP contribution in [0.25, 0.3) is 6.08 Å². The second kappa shape index (κ2) is 7.40. The van der Waals surface area contributed by atoms with Gasteiger partial charge in [0.1, 0.15) is 0 Å². The van der Waals surface area contributed by atoms with Crippen LogP contribution in [-0.2, 0) is 17.8 Å². The van der Waals surface area contributed by atoms with Crippen LogP contribution in [0, 0.1) is 0 Å². The summed E-state index contributed by atoms with van der Waals surface area (Å²) in [5, 5.41) is 0. The quantitative estimate of drug-likeness (QED) is 0.715. The fourth-order valence-electron chi connectivity index (χ4n) is 2.75. The Morgan fingerprint density at radius 1 is 1.21 bits per heavy atom. The Kier molecular flexibility index (Phi) is 5.26. The number of thiophene rings is 1. The number of amides is 1. The van der Waals surface area contributed by atoms with Crippen molar-refractivity contribution in [3.05, 3.63) is 50.1 Å². The molecule has 0 bridgehead atoms. The highest BCUT2D eigenvalue weighted by Gasteiger charge is 2.21. The molecule has 1 aromatic heterocycles. The molecule has 24 heavy (non-hydrogen) atoms. The van der Waals surface area contributed by atoms with Crippen LogP contribution in [0.5, 0.6) is 11.5 Å². The zero-order valence-electron chi connectivity index (χ0n) is 13.5. The number of carbonyl (C=O) groups is 1. The lowest BCUT2D eigenvalue weighted by atomic mass is 9.98. The molecule has 0 saturated carbocycles. The molecule has 0 spiro atoms. The maximum absolute atomic E-state index is 12.4. The van der Waals surface area contributed by atoms with Crippen LogP contribution in [0.15, 0.2) is 34.1 Å². The molecule has 1 amide bonds. The second-order valence-electron chi connectivity index (χ2n) is 5.46. The van der Waals surface area contributed by atoms with Crippen LogP contribution < -0.4 is 9.47 Å². The van der Waals surface area contributed by atoms with Crippen LogP contribution in [0.3, 0.4) is 0 Å². The predicted molar refractivity (Wildman–Crippen MR) is 99.7 cm³/mol. The van der Waals surface area contributed by atoms with Crippen molar-refractivity contribution in [2.75, 3.05) is 20.8 Å². The topological polar surface area (TPSA) is 38.8 Å². The number of carbonyl (C=O) groups excluding carboxylic acids is 1. The van der Waals surface area contributed by atoms with Gasteiger partial charge in [0.15, 0.2) is 11.5 Å². The first kappa shape index (κ1) is 17.0. The number of nitrogens with zero attached hydrogens (tertiary/aromatic N) is 1. The summed E-state index contributed by atoms with van der Waals surface area (Å²) >= 11 is 5.03. The van der Waals surface area contributed by atoms with Crippen molar-refractivity contribution in [3.63, 3.8) is 0 Å². The van der Waals surface area contributed by atoms with Gasteiger partial charge in [-0.2, -0.15) is 0 Å². The normalized spacial score (nSPS) is 13.9. The van der Waals surface area contributed by atoms with Crippen LogP contribution in [0.2, 0.25) is 0 Å². The van der Waals surface area contributed by atoms with Gasteiger partial charge in [0, 0.05) is 24.0 Å². The third-order valence-corrected chi connectivity index (χ3v) is 5.60. The lowest BCUT2D eigenvalue weighted by molar-refractivity contribution is -0.126. The minimum Gasteiger partial charge on any atom is -0.493 e. The zero-order valence-corrected chi connectivity index (χ0v) is 15.9. The molecule has 0 saturated heterocycles. The van der Waals surface area contributed by atoms with E-state index in [0.717, 1.165) is 26.4 Å². The predicted octanol–water partition coefficient (Wildman–Crippen LogP) is 4.13. The van der Waals surface area contributed by atoms with Crippen LogP contribution in [-0.4, -0.2) is 31.6 Å². The van der Waals surface area contributed by atoms with Gasteiger partial charge in [-0.1, -0.05) is 0 Å². The number of hydrogen-bond acceptors (Lipinski definition) is 4. The van der Waals surface area contributed by atoms with Gasteiger partial charge in [0.25, 0.3) is 0 Å². The molecular formula is C18H18BrNO3S. The van der Waals surface area contributed by atoms with Crippen LogP contribution in [0.4, 0.5) is 0 Å². The SMILES string of the molecule is COc1cc2c(cc1OC)CN(C(=O)/C=C/c1ccc(Br)s1)CC2. The fraction of sp³-hybridized carbons (Fsp3) is 0.278. The highest BCUT2D eigenvalue weighted by molar-refractivity contribution is 9.11. The van der Waals surface area contributed by atoms with Gasteiger partial charge in [-0.25, -0.2) is 0 Å². The lowest BCUT2D eigenvalue weighted by Gasteiger charge is -2.28. The average Bonchev–Trinajstić information content (AvgIpc) is 3.03. The van der Waals surface area contributed by atoms with Gasteiger partial charge < -0.3 is 14.4 Å². The summed E-state index contributed by atoms with van der Waals surface area (Å²) in [4.78, 5) is 15.4. The van der Waals surface area contributed by atoms with Crippen molar-refractivity contribution in [2.45, 2.75) is 13.0 Å². The molecule has 126 valence electrons. The number of rotatable bonds is 4. The molecule has 1 aliphatic rings. The van der Waals surface area contributed by atoms with Gasteiger partial charge >= 0.3 is 0 Å². The summed E-state index contributed by atoms with van der Waals surface area (Å²) in [6.45, 7) is 1.30. The smallest absolute Gasteiger partial charge is 0.246 e. The Morgan fingerprint density at radius 2 is 1.92 bits per heavy atom. The minimum atomic E-state index is 0.0277. The Hall–Kier alpha value is -1.79. The highest BCUT2D eigenvalue weighted by Crippen LogP contribution is 2.33. The summed E-state index contributed by atoms with van der Waals surface area (Å²) in [5.74, 6) is 1.46. The molecule has 3 rings (SSSR count). The van der Waals surface area contributed by atoms with Gasteiger partial charge in [0.2, 0.25) is 5.91 Å². The molecule has 0 fully saturated rings. The van der Waals surface area contributed by atoms with Crippen molar-refractivity contribution in [2.24, 2.45) is 0 Å². The molecule has 2 aromatic rings. The summed E-state index contributed by atoms with van der Waals surface area (Å²) in [5.41, 5.74) is 2.32. The molecule has 0 N–H and O–H groups in total. The molecule has 0 atom stereocenters. The van der Waals surface area contributed by atoms with E-state index in [0.29, 0.717) is 18.8 Å². The van der Waals surface area contributed by atoms with E-state index in [2.05, 4.69) is 15.9 Å². The minimum absolute atomic E-state index is 0.0277. The van der Waals surface area contributed by atoms with Crippen molar-refractivity contribution >= 4 is 39.2 Å². The van der Waals surface area contributed by atoms with E-state index in [9.17, 15) is 4.79 Å². The molecule has 0 unspecified atom stereocenters. The molecule has 0 radical (unpaired) electrons. The first-order valence-electron chi connectivity index (χ1n) is 7.57.